The van der Waals surface area contributed by atoms with Gasteiger partial charge in [0.05, 0.1) is 19.3 Å². The van der Waals surface area contributed by atoms with Gasteiger partial charge in [0.1, 0.15) is 11.5 Å². The quantitative estimate of drug-likeness (QED) is 0.717. The van der Waals surface area contributed by atoms with Gasteiger partial charge in [-0.1, -0.05) is 0 Å². The Kier molecular flexibility index (Phi) is 5.51. The first kappa shape index (κ1) is 16.4. The van der Waals surface area contributed by atoms with Crippen molar-refractivity contribution in [1.29, 1.82) is 0 Å². The van der Waals surface area contributed by atoms with E-state index in [-0.39, 0.29) is 18.2 Å². The van der Waals surface area contributed by atoms with E-state index in [9.17, 15) is 18.7 Å². The van der Waals surface area contributed by atoms with Gasteiger partial charge >= 0.3 is 6.61 Å². The molecule has 0 aliphatic carbocycles. The van der Waals surface area contributed by atoms with Crippen molar-refractivity contribution in [3.63, 3.8) is 0 Å². The van der Waals surface area contributed by atoms with E-state index in [0.29, 0.717) is 24.3 Å². The third-order valence-electron chi connectivity index (χ3n) is 3.36. The van der Waals surface area contributed by atoms with Gasteiger partial charge in [-0.25, -0.2) is 0 Å². The molecule has 0 aromatic heterocycles. The molecule has 0 saturated carbocycles. The zero-order valence-electron chi connectivity index (χ0n) is 12.0. The van der Waals surface area contributed by atoms with Crippen LogP contribution in [0.4, 0.5) is 8.78 Å². The average molecular weight is 316 g/mol. The summed E-state index contributed by atoms with van der Waals surface area (Å²) in [5.74, 6) is 0.151. The minimum Gasteiger partial charge on any atom is -0.497 e. The highest BCUT2D eigenvalue weighted by Gasteiger charge is 2.27. The second-order valence-electron chi connectivity index (χ2n) is 4.92. The van der Waals surface area contributed by atoms with Crippen LogP contribution in [0.5, 0.6) is 11.5 Å². The predicted molar refractivity (Wildman–Crippen MR) is 73.9 cm³/mol. The molecule has 1 fully saturated rings. The molecule has 6 nitrogen and oxygen atoms in total. The number of halogens is 2. The van der Waals surface area contributed by atoms with E-state index in [0.717, 1.165) is 0 Å². The lowest BCUT2D eigenvalue weighted by Crippen LogP contribution is -2.40. The zero-order valence-corrected chi connectivity index (χ0v) is 12.0. The topological polar surface area (TPSA) is 79.8 Å². The number of carbonyl (C=O) groups is 1. The molecule has 0 radical (unpaired) electrons. The van der Waals surface area contributed by atoms with Gasteiger partial charge < -0.3 is 25.2 Å². The van der Waals surface area contributed by atoms with Crippen molar-refractivity contribution in [3.8, 4) is 11.5 Å². The number of carbonyl (C=O) groups excluding carboxylic acids is 1. The lowest BCUT2D eigenvalue weighted by atomic mass is 10.1. The van der Waals surface area contributed by atoms with Crippen LogP contribution in [0.1, 0.15) is 12.0 Å². The van der Waals surface area contributed by atoms with Gasteiger partial charge in [-0.2, -0.15) is 8.78 Å². The zero-order chi connectivity index (χ0) is 16.1. The summed E-state index contributed by atoms with van der Waals surface area (Å²) in [5, 5.41) is 14.9. The molecule has 1 amide bonds. The largest absolute Gasteiger partial charge is 0.497 e. The predicted octanol–water partition coefficient (Wildman–Crippen LogP) is 0.636. The maximum atomic E-state index is 12.4. The molecule has 2 rings (SSSR count). The lowest BCUT2D eigenvalue weighted by Gasteiger charge is -2.15. The fraction of sp³-hybridized carbons (Fsp3) is 0.500. The number of methoxy groups -OCH3 is 1. The Bertz CT molecular complexity index is 528. The smallest absolute Gasteiger partial charge is 0.387 e. The van der Waals surface area contributed by atoms with Crippen molar-refractivity contribution in [2.24, 2.45) is 0 Å². The number of aliphatic hydroxyl groups is 1. The van der Waals surface area contributed by atoms with E-state index in [4.69, 9.17) is 4.74 Å². The molecule has 1 aliphatic rings. The van der Waals surface area contributed by atoms with Gasteiger partial charge in [-0.3, -0.25) is 4.79 Å². The number of rotatable bonds is 6. The van der Waals surface area contributed by atoms with Gasteiger partial charge in [-0.05, 0) is 24.6 Å². The van der Waals surface area contributed by atoms with E-state index in [1.165, 1.54) is 25.3 Å². The first-order valence-corrected chi connectivity index (χ1v) is 6.80. The molecule has 1 saturated heterocycles. The molecule has 2 unspecified atom stereocenters. The van der Waals surface area contributed by atoms with Crippen molar-refractivity contribution in [1.82, 2.24) is 10.6 Å². The molecule has 0 spiro atoms. The van der Waals surface area contributed by atoms with Crippen LogP contribution in [-0.4, -0.2) is 43.4 Å². The molecule has 1 aliphatic heterocycles. The van der Waals surface area contributed by atoms with Crippen LogP contribution in [0.25, 0.3) is 0 Å². The van der Waals surface area contributed by atoms with E-state index >= 15 is 0 Å². The minimum absolute atomic E-state index is 0.0180. The van der Waals surface area contributed by atoms with E-state index in [1.54, 1.807) is 0 Å². The molecule has 1 heterocycles. The molecule has 3 N–H and O–H groups in total. The van der Waals surface area contributed by atoms with Gasteiger partial charge in [-0.15, -0.1) is 0 Å². The fourth-order valence-corrected chi connectivity index (χ4v) is 2.25. The summed E-state index contributed by atoms with van der Waals surface area (Å²) in [6, 6.07) is 3.90. The van der Waals surface area contributed by atoms with Crippen molar-refractivity contribution in [3.05, 3.63) is 23.8 Å². The Morgan fingerprint density at radius 1 is 1.55 bits per heavy atom. The standard InChI is InChI=1S/C14H18F2N2O4/c1-21-10-2-3-12(22-14(15)16)8(4-10)6-18-13(20)11-5-9(19)7-17-11/h2-4,9,11,14,17,19H,5-7H2,1H3,(H,18,20). The summed E-state index contributed by atoms with van der Waals surface area (Å²) >= 11 is 0. The Labute approximate surface area is 126 Å². The summed E-state index contributed by atoms with van der Waals surface area (Å²) in [7, 11) is 1.45. The number of alkyl halides is 2. The Morgan fingerprint density at radius 2 is 2.32 bits per heavy atom. The number of hydrogen-bond acceptors (Lipinski definition) is 5. The van der Waals surface area contributed by atoms with Crippen LogP contribution >= 0.6 is 0 Å². The van der Waals surface area contributed by atoms with Gasteiger partial charge in [0.25, 0.3) is 0 Å². The maximum absolute atomic E-state index is 12.4. The molecule has 0 bridgehead atoms. The summed E-state index contributed by atoms with van der Waals surface area (Å²) in [6.45, 7) is -2.57. The molecule has 2 atom stereocenters. The minimum atomic E-state index is -2.95. The number of benzene rings is 1. The third kappa shape index (κ3) is 4.28. The van der Waals surface area contributed by atoms with Crippen LogP contribution in [0.3, 0.4) is 0 Å². The third-order valence-corrected chi connectivity index (χ3v) is 3.36. The number of nitrogens with one attached hydrogen (secondary N) is 2. The monoisotopic (exact) mass is 316 g/mol. The van der Waals surface area contributed by atoms with Gasteiger partial charge in [0.2, 0.25) is 5.91 Å². The number of hydrogen-bond donors (Lipinski definition) is 3. The molecule has 1 aromatic carbocycles. The highest BCUT2D eigenvalue weighted by atomic mass is 19.3. The number of aliphatic hydroxyl groups excluding tert-OH is 1. The second kappa shape index (κ2) is 7.37. The number of β-amino-alcohol motifs (C(OH)–C–C–N with tert-alkyl or cyclic N) is 1. The first-order valence-electron chi connectivity index (χ1n) is 6.80. The van der Waals surface area contributed by atoms with Crippen LogP contribution in [0.15, 0.2) is 18.2 Å². The van der Waals surface area contributed by atoms with Crippen LogP contribution in [0.2, 0.25) is 0 Å². The summed E-state index contributed by atoms with van der Waals surface area (Å²) in [4.78, 5) is 11.9. The maximum Gasteiger partial charge on any atom is 0.387 e. The first-order chi connectivity index (χ1) is 10.5. The van der Waals surface area contributed by atoms with Crippen LogP contribution in [-0.2, 0) is 11.3 Å². The van der Waals surface area contributed by atoms with Crippen molar-refractivity contribution >= 4 is 5.91 Å². The Morgan fingerprint density at radius 3 is 2.91 bits per heavy atom. The van der Waals surface area contributed by atoms with Crippen molar-refractivity contribution in [2.45, 2.75) is 31.7 Å². The van der Waals surface area contributed by atoms with E-state index < -0.39 is 18.8 Å². The second-order valence-corrected chi connectivity index (χ2v) is 4.92. The number of amides is 1. The fourth-order valence-electron chi connectivity index (χ4n) is 2.25. The highest BCUT2D eigenvalue weighted by Crippen LogP contribution is 2.25. The van der Waals surface area contributed by atoms with Gasteiger partial charge in [0, 0.05) is 18.7 Å². The summed E-state index contributed by atoms with van der Waals surface area (Å²) < 4.78 is 34.2. The van der Waals surface area contributed by atoms with Crippen molar-refractivity contribution in [2.75, 3.05) is 13.7 Å². The average Bonchev–Trinajstić information content (AvgIpc) is 2.92. The van der Waals surface area contributed by atoms with E-state index in [2.05, 4.69) is 15.4 Å². The SMILES string of the molecule is COc1ccc(OC(F)F)c(CNC(=O)C2CC(O)CN2)c1. The highest BCUT2D eigenvalue weighted by molar-refractivity contribution is 5.82. The molecular weight excluding hydrogens is 298 g/mol. The molecule has 22 heavy (non-hydrogen) atoms. The lowest BCUT2D eigenvalue weighted by molar-refractivity contribution is -0.123. The summed E-state index contributed by atoms with van der Waals surface area (Å²) in [5.41, 5.74) is 0.381. The van der Waals surface area contributed by atoms with Crippen molar-refractivity contribution < 1.29 is 28.2 Å². The molecule has 8 heteroatoms. The Balaban J connectivity index is 2.02. The van der Waals surface area contributed by atoms with E-state index in [1.807, 2.05) is 0 Å². The molecule has 122 valence electrons. The molecule has 1 aromatic rings. The Hall–Kier alpha value is -1.93. The molecular formula is C14H18F2N2O4. The van der Waals surface area contributed by atoms with Crippen LogP contribution < -0.4 is 20.1 Å². The van der Waals surface area contributed by atoms with Crippen LogP contribution in [0, 0.1) is 0 Å². The number of ether oxygens (including phenoxy) is 2. The normalized spacial score (nSPS) is 21.0. The van der Waals surface area contributed by atoms with Gasteiger partial charge in [0.15, 0.2) is 0 Å². The summed E-state index contributed by atoms with van der Waals surface area (Å²) in [6.07, 6.45) is -0.227.